The Kier molecular flexibility index (Phi) is 3.25. The third-order valence-electron chi connectivity index (χ3n) is 4.04. The molecule has 23 heavy (non-hydrogen) atoms. The average Bonchev–Trinajstić information content (AvgIpc) is 3.09. The molecule has 0 radical (unpaired) electrons. The van der Waals surface area contributed by atoms with Crippen LogP contribution in [-0.2, 0) is 10.3 Å². The first-order valence-corrected chi connectivity index (χ1v) is 6.60. The second kappa shape index (κ2) is 4.91. The Balaban J connectivity index is 2.25. The zero-order valence-corrected chi connectivity index (χ0v) is 11.8. The van der Waals surface area contributed by atoms with Gasteiger partial charge in [0.1, 0.15) is 30.1 Å². The summed E-state index contributed by atoms with van der Waals surface area (Å²) in [6.45, 7) is -0.772. The molecule has 0 aliphatic carbocycles. The van der Waals surface area contributed by atoms with E-state index in [0.717, 1.165) is 0 Å². The summed E-state index contributed by atoms with van der Waals surface area (Å²) in [5.74, 6) is 2.28. The summed E-state index contributed by atoms with van der Waals surface area (Å²) in [6.07, 6.45) is 3.14. The van der Waals surface area contributed by atoms with Gasteiger partial charge in [-0.3, -0.25) is 0 Å². The Morgan fingerprint density at radius 3 is 2.74 bits per heavy atom. The molecule has 118 valence electrons. The number of nitrogens with zero attached hydrogens (tertiary/aromatic N) is 4. The van der Waals surface area contributed by atoms with Crippen molar-refractivity contribution in [2.45, 2.75) is 23.4 Å². The van der Waals surface area contributed by atoms with Gasteiger partial charge < -0.3 is 25.8 Å². The summed E-state index contributed by atoms with van der Waals surface area (Å²) in [7, 11) is 0. The monoisotopic (exact) mass is 315 g/mol. The van der Waals surface area contributed by atoms with Crippen LogP contribution in [0.5, 0.6) is 0 Å². The molecule has 9 heteroatoms. The fourth-order valence-electron chi connectivity index (χ4n) is 2.76. The second-order valence-corrected chi connectivity index (χ2v) is 5.19. The third-order valence-corrected chi connectivity index (χ3v) is 4.04. The van der Waals surface area contributed by atoms with Crippen LogP contribution in [0.3, 0.4) is 0 Å². The summed E-state index contributed by atoms with van der Waals surface area (Å²) in [4.78, 5) is 3.83. The van der Waals surface area contributed by atoms with Gasteiger partial charge in [0.15, 0.2) is 11.4 Å². The minimum atomic E-state index is -2.03. The highest BCUT2D eigenvalue weighted by atomic mass is 16.6. The molecule has 2 aromatic heterocycles. The van der Waals surface area contributed by atoms with E-state index in [2.05, 4.69) is 16.0 Å². The van der Waals surface area contributed by atoms with Gasteiger partial charge in [-0.2, -0.15) is 10.4 Å². The van der Waals surface area contributed by atoms with Crippen LogP contribution in [0.1, 0.15) is 5.69 Å². The smallest absolute Gasteiger partial charge is 0.226 e. The lowest BCUT2D eigenvalue weighted by atomic mass is 9.89. The van der Waals surface area contributed by atoms with Gasteiger partial charge in [-0.15, -0.1) is 6.42 Å². The normalized spacial score (nSPS) is 33.4. The maximum Gasteiger partial charge on any atom is 0.226 e. The number of nitrogens with two attached hydrogens (primary N) is 1. The summed E-state index contributed by atoms with van der Waals surface area (Å²) in [5, 5.41) is 43.7. The zero-order chi connectivity index (χ0) is 16.8. The molecule has 0 bridgehead atoms. The molecule has 0 aromatic carbocycles. The summed E-state index contributed by atoms with van der Waals surface area (Å²) in [5.41, 5.74) is 2.31. The number of nitriles is 1. The van der Waals surface area contributed by atoms with E-state index in [9.17, 15) is 20.6 Å². The van der Waals surface area contributed by atoms with Gasteiger partial charge in [0.25, 0.3) is 0 Å². The number of aliphatic hydroxyl groups is 3. The van der Waals surface area contributed by atoms with E-state index in [0.29, 0.717) is 5.52 Å². The molecule has 1 fully saturated rings. The second-order valence-electron chi connectivity index (χ2n) is 5.19. The summed E-state index contributed by atoms with van der Waals surface area (Å²) in [6, 6.07) is 4.84. The molecule has 1 saturated heterocycles. The van der Waals surface area contributed by atoms with E-state index in [1.807, 2.05) is 6.07 Å². The minimum absolute atomic E-state index is 0.112. The number of aromatic nitrogens is 3. The number of hydrogen-bond donors (Lipinski definition) is 4. The number of aliphatic hydroxyl groups excluding tert-OH is 3. The molecule has 0 saturated carbocycles. The molecular weight excluding hydrogens is 302 g/mol. The molecule has 0 amide bonds. The number of fused-ring (bicyclic) bond motifs is 1. The van der Waals surface area contributed by atoms with Crippen molar-refractivity contribution in [3.05, 3.63) is 24.2 Å². The highest BCUT2D eigenvalue weighted by Crippen LogP contribution is 2.44. The van der Waals surface area contributed by atoms with Crippen LogP contribution in [0.25, 0.3) is 5.52 Å². The van der Waals surface area contributed by atoms with Crippen LogP contribution in [0, 0.1) is 23.7 Å². The lowest BCUT2D eigenvalue weighted by Crippen LogP contribution is -2.45. The quantitative estimate of drug-likeness (QED) is 0.471. The summed E-state index contributed by atoms with van der Waals surface area (Å²) >= 11 is 0. The van der Waals surface area contributed by atoms with E-state index in [4.69, 9.17) is 16.9 Å². The predicted molar refractivity (Wildman–Crippen MR) is 76.4 cm³/mol. The standard InChI is InChI=1S/C14H13N5O4/c1-2-13(6-20)10(21)11(22)14(5-15,23-13)9-4-3-8-12(16)17-7-18-19(8)9/h1,3-4,7,10-11,20-22H,6H2,(H2,16,17,18)/t10?,11?,13-,14+/m1/s1. The van der Waals surface area contributed by atoms with Gasteiger partial charge in [-0.25, -0.2) is 9.50 Å². The lowest BCUT2D eigenvalue weighted by molar-refractivity contribution is -0.101. The minimum Gasteiger partial charge on any atom is -0.392 e. The van der Waals surface area contributed by atoms with Crippen molar-refractivity contribution in [3.63, 3.8) is 0 Å². The molecule has 1 aliphatic heterocycles. The molecule has 1 aliphatic rings. The van der Waals surface area contributed by atoms with Gasteiger partial charge in [0, 0.05) is 0 Å². The van der Waals surface area contributed by atoms with Gasteiger partial charge in [-0.1, -0.05) is 5.92 Å². The Labute approximate surface area is 130 Å². The van der Waals surface area contributed by atoms with Crippen molar-refractivity contribution < 1.29 is 20.1 Å². The van der Waals surface area contributed by atoms with E-state index in [1.165, 1.54) is 16.9 Å². The van der Waals surface area contributed by atoms with Crippen molar-refractivity contribution in [1.82, 2.24) is 14.6 Å². The molecule has 4 atom stereocenters. The first-order valence-electron chi connectivity index (χ1n) is 6.60. The Morgan fingerprint density at radius 2 is 2.17 bits per heavy atom. The van der Waals surface area contributed by atoms with Crippen molar-refractivity contribution in [1.29, 1.82) is 5.26 Å². The number of nitrogen functional groups attached to an aromatic ring is 1. The Morgan fingerprint density at radius 1 is 1.43 bits per heavy atom. The fraction of sp³-hybridized carbons (Fsp3) is 0.357. The SMILES string of the molecule is C#C[C@]1(CO)O[C@@](C#N)(c2ccc3c(N)ncnn23)C(O)C1O. The van der Waals surface area contributed by atoms with Crippen molar-refractivity contribution >= 4 is 11.3 Å². The summed E-state index contributed by atoms with van der Waals surface area (Å²) < 4.78 is 6.80. The van der Waals surface area contributed by atoms with Crippen LogP contribution in [0.2, 0.25) is 0 Å². The highest BCUT2D eigenvalue weighted by molar-refractivity contribution is 5.66. The van der Waals surface area contributed by atoms with Crippen LogP contribution in [0.4, 0.5) is 5.82 Å². The molecule has 2 aromatic rings. The molecular formula is C14H13N5O4. The predicted octanol–water partition coefficient (Wildman–Crippen LogP) is -1.85. The third kappa shape index (κ3) is 1.76. The van der Waals surface area contributed by atoms with Crippen LogP contribution < -0.4 is 5.73 Å². The van der Waals surface area contributed by atoms with Gasteiger partial charge in [-0.05, 0) is 12.1 Å². The fourth-order valence-corrected chi connectivity index (χ4v) is 2.76. The number of anilines is 1. The first-order chi connectivity index (χ1) is 11.0. The Hall–Kier alpha value is -2.69. The van der Waals surface area contributed by atoms with E-state index in [-0.39, 0.29) is 11.5 Å². The lowest BCUT2D eigenvalue weighted by Gasteiger charge is -2.26. The molecule has 2 unspecified atom stereocenters. The van der Waals surface area contributed by atoms with E-state index in [1.54, 1.807) is 6.07 Å². The largest absolute Gasteiger partial charge is 0.392 e. The van der Waals surface area contributed by atoms with Crippen LogP contribution in [-0.4, -0.2) is 54.3 Å². The average molecular weight is 315 g/mol. The maximum absolute atomic E-state index is 10.4. The first kappa shape index (κ1) is 15.2. The van der Waals surface area contributed by atoms with Crippen LogP contribution >= 0.6 is 0 Å². The van der Waals surface area contributed by atoms with Gasteiger partial charge >= 0.3 is 0 Å². The van der Waals surface area contributed by atoms with E-state index < -0.39 is 30.0 Å². The molecule has 0 spiro atoms. The molecule has 3 rings (SSSR count). The Bertz CT molecular complexity index is 853. The maximum atomic E-state index is 10.4. The number of terminal acetylenes is 1. The highest BCUT2D eigenvalue weighted by Gasteiger charge is 2.64. The van der Waals surface area contributed by atoms with Crippen molar-refractivity contribution in [2.24, 2.45) is 0 Å². The van der Waals surface area contributed by atoms with Crippen molar-refractivity contribution in [3.8, 4) is 18.4 Å². The van der Waals surface area contributed by atoms with Crippen LogP contribution in [0.15, 0.2) is 18.5 Å². The topological polar surface area (TPSA) is 150 Å². The van der Waals surface area contributed by atoms with E-state index >= 15 is 0 Å². The number of ether oxygens (including phenoxy) is 1. The molecule has 5 N–H and O–H groups in total. The molecule has 3 heterocycles. The number of rotatable bonds is 2. The molecule has 9 nitrogen and oxygen atoms in total. The number of hydrogen-bond acceptors (Lipinski definition) is 8. The van der Waals surface area contributed by atoms with Crippen molar-refractivity contribution in [2.75, 3.05) is 12.3 Å². The van der Waals surface area contributed by atoms with Gasteiger partial charge in [0.2, 0.25) is 5.60 Å². The zero-order valence-electron chi connectivity index (χ0n) is 11.8. The van der Waals surface area contributed by atoms with Gasteiger partial charge in [0.05, 0.1) is 12.3 Å².